The Hall–Kier alpha value is -1.94. The lowest BCUT2D eigenvalue weighted by Gasteiger charge is -1.97. The van der Waals surface area contributed by atoms with E-state index in [9.17, 15) is 0 Å². The van der Waals surface area contributed by atoms with Gasteiger partial charge in [-0.2, -0.15) is 0 Å². The molecule has 0 aromatic heterocycles. The van der Waals surface area contributed by atoms with E-state index in [1.54, 1.807) is 7.11 Å². The van der Waals surface area contributed by atoms with Crippen LogP contribution in [0.4, 0.5) is 0 Å². The lowest BCUT2D eigenvalue weighted by atomic mass is 10.2. The SMILES string of the molecule is COc1ccc(C#CCOCC=C=C(C)C)cc1. The maximum atomic E-state index is 5.32. The molecular formula is C16H18O2. The molecule has 1 aromatic carbocycles. The molecule has 94 valence electrons. The Labute approximate surface area is 109 Å². The van der Waals surface area contributed by atoms with E-state index in [-0.39, 0.29) is 0 Å². The summed E-state index contributed by atoms with van der Waals surface area (Å²) in [4.78, 5) is 0. The molecule has 0 bridgehead atoms. The molecule has 2 heteroatoms. The molecule has 0 heterocycles. The van der Waals surface area contributed by atoms with E-state index in [2.05, 4.69) is 17.6 Å². The lowest BCUT2D eigenvalue weighted by molar-refractivity contribution is 0.199. The molecule has 0 spiro atoms. The van der Waals surface area contributed by atoms with Gasteiger partial charge in [-0.1, -0.05) is 11.8 Å². The van der Waals surface area contributed by atoms with Gasteiger partial charge in [-0.25, -0.2) is 0 Å². The summed E-state index contributed by atoms with van der Waals surface area (Å²) in [6.45, 7) is 4.97. The van der Waals surface area contributed by atoms with Gasteiger partial charge in [0.1, 0.15) is 12.4 Å². The highest BCUT2D eigenvalue weighted by molar-refractivity contribution is 5.38. The summed E-state index contributed by atoms with van der Waals surface area (Å²) in [5.74, 6) is 6.82. The van der Waals surface area contributed by atoms with E-state index in [1.807, 2.05) is 44.2 Å². The fourth-order valence-electron chi connectivity index (χ4n) is 1.23. The predicted octanol–water partition coefficient (Wildman–Crippen LogP) is 3.18. The van der Waals surface area contributed by atoms with Crippen LogP contribution in [0.15, 0.2) is 41.6 Å². The minimum atomic E-state index is 0.424. The molecule has 2 nitrogen and oxygen atoms in total. The highest BCUT2D eigenvalue weighted by atomic mass is 16.5. The fraction of sp³-hybridized carbons (Fsp3) is 0.312. The van der Waals surface area contributed by atoms with E-state index >= 15 is 0 Å². The van der Waals surface area contributed by atoms with Crippen molar-refractivity contribution >= 4 is 0 Å². The summed E-state index contributed by atoms with van der Waals surface area (Å²) in [5, 5.41) is 0. The van der Waals surface area contributed by atoms with Gasteiger partial charge >= 0.3 is 0 Å². The van der Waals surface area contributed by atoms with Crippen LogP contribution in [0.5, 0.6) is 5.75 Å². The van der Waals surface area contributed by atoms with Crippen molar-refractivity contribution in [2.24, 2.45) is 0 Å². The van der Waals surface area contributed by atoms with Gasteiger partial charge in [0, 0.05) is 5.56 Å². The zero-order valence-electron chi connectivity index (χ0n) is 11.1. The van der Waals surface area contributed by atoms with E-state index in [0.717, 1.165) is 16.9 Å². The van der Waals surface area contributed by atoms with E-state index in [0.29, 0.717) is 13.2 Å². The minimum absolute atomic E-state index is 0.424. The lowest BCUT2D eigenvalue weighted by Crippen LogP contribution is -1.90. The largest absolute Gasteiger partial charge is 0.497 e. The summed E-state index contributed by atoms with van der Waals surface area (Å²) in [5.41, 5.74) is 5.17. The maximum absolute atomic E-state index is 5.32. The number of hydrogen-bond acceptors (Lipinski definition) is 2. The topological polar surface area (TPSA) is 18.5 Å². The molecule has 1 aromatic rings. The average Bonchev–Trinajstić information content (AvgIpc) is 2.38. The minimum Gasteiger partial charge on any atom is -0.497 e. The molecule has 1 rings (SSSR count). The summed E-state index contributed by atoms with van der Waals surface area (Å²) in [7, 11) is 1.65. The zero-order valence-corrected chi connectivity index (χ0v) is 11.1. The number of methoxy groups -OCH3 is 1. The third kappa shape index (κ3) is 5.96. The Morgan fingerprint density at radius 1 is 1.22 bits per heavy atom. The number of benzene rings is 1. The van der Waals surface area contributed by atoms with Crippen LogP contribution in [0, 0.1) is 11.8 Å². The first-order valence-electron chi connectivity index (χ1n) is 5.81. The second-order valence-electron chi connectivity index (χ2n) is 3.89. The van der Waals surface area contributed by atoms with Crippen LogP contribution in [-0.2, 0) is 4.74 Å². The smallest absolute Gasteiger partial charge is 0.118 e. The molecule has 18 heavy (non-hydrogen) atoms. The van der Waals surface area contributed by atoms with Crippen molar-refractivity contribution < 1.29 is 9.47 Å². The Kier molecular flexibility index (Phi) is 6.43. The Balaban J connectivity index is 2.35. The van der Waals surface area contributed by atoms with E-state index < -0.39 is 0 Å². The predicted molar refractivity (Wildman–Crippen MR) is 73.6 cm³/mol. The van der Waals surface area contributed by atoms with Crippen molar-refractivity contribution in [3.63, 3.8) is 0 Å². The summed E-state index contributed by atoms with van der Waals surface area (Å²) < 4.78 is 10.4. The molecular weight excluding hydrogens is 224 g/mol. The van der Waals surface area contributed by atoms with Gasteiger partial charge in [0.2, 0.25) is 0 Å². The molecule has 0 aliphatic heterocycles. The third-order valence-corrected chi connectivity index (χ3v) is 2.09. The van der Waals surface area contributed by atoms with Crippen LogP contribution in [0.2, 0.25) is 0 Å². The van der Waals surface area contributed by atoms with Gasteiger partial charge in [-0.3, -0.25) is 0 Å². The van der Waals surface area contributed by atoms with Crippen LogP contribution in [-0.4, -0.2) is 20.3 Å². The number of rotatable bonds is 4. The maximum Gasteiger partial charge on any atom is 0.118 e. The molecule has 0 unspecified atom stereocenters. The highest BCUT2D eigenvalue weighted by Gasteiger charge is 1.89. The van der Waals surface area contributed by atoms with E-state index in [4.69, 9.17) is 9.47 Å². The van der Waals surface area contributed by atoms with Crippen molar-refractivity contribution in [2.45, 2.75) is 13.8 Å². The van der Waals surface area contributed by atoms with Crippen LogP contribution >= 0.6 is 0 Å². The zero-order chi connectivity index (χ0) is 13.2. The van der Waals surface area contributed by atoms with Gasteiger partial charge < -0.3 is 9.47 Å². The standard InChI is InChI=1S/C16H18O2/c1-14(2)6-4-12-18-13-5-7-15-8-10-16(17-3)11-9-15/h4,8-11H,12-13H2,1-3H3. The van der Waals surface area contributed by atoms with Gasteiger partial charge in [0.15, 0.2) is 0 Å². The van der Waals surface area contributed by atoms with Crippen molar-refractivity contribution in [1.82, 2.24) is 0 Å². The van der Waals surface area contributed by atoms with Crippen molar-refractivity contribution in [1.29, 1.82) is 0 Å². The average molecular weight is 242 g/mol. The second kappa shape index (κ2) is 8.20. The number of ether oxygens (including phenoxy) is 2. The Morgan fingerprint density at radius 3 is 2.56 bits per heavy atom. The fourth-order valence-corrected chi connectivity index (χ4v) is 1.23. The molecule has 0 N–H and O–H groups in total. The van der Waals surface area contributed by atoms with Crippen LogP contribution in [0.3, 0.4) is 0 Å². The highest BCUT2D eigenvalue weighted by Crippen LogP contribution is 2.09. The van der Waals surface area contributed by atoms with Crippen molar-refractivity contribution in [2.75, 3.05) is 20.3 Å². The normalized spacial score (nSPS) is 8.83. The van der Waals surface area contributed by atoms with Gasteiger partial charge in [-0.05, 0) is 49.8 Å². The second-order valence-corrected chi connectivity index (χ2v) is 3.89. The first-order chi connectivity index (χ1) is 8.72. The molecule has 0 atom stereocenters. The first kappa shape index (κ1) is 14.1. The molecule has 0 saturated carbocycles. The van der Waals surface area contributed by atoms with Crippen LogP contribution < -0.4 is 4.74 Å². The molecule has 0 radical (unpaired) electrons. The van der Waals surface area contributed by atoms with Crippen LogP contribution in [0.1, 0.15) is 19.4 Å². The van der Waals surface area contributed by atoms with E-state index in [1.165, 1.54) is 0 Å². The summed E-state index contributed by atoms with van der Waals surface area (Å²) in [6, 6.07) is 7.63. The van der Waals surface area contributed by atoms with Gasteiger partial charge in [0.05, 0.1) is 13.7 Å². The van der Waals surface area contributed by atoms with Crippen molar-refractivity contribution in [3.05, 3.63) is 47.2 Å². The third-order valence-electron chi connectivity index (χ3n) is 2.09. The Morgan fingerprint density at radius 2 is 1.94 bits per heavy atom. The summed E-state index contributed by atoms with van der Waals surface area (Å²) in [6.07, 6.45) is 1.87. The van der Waals surface area contributed by atoms with Gasteiger partial charge in [0.25, 0.3) is 0 Å². The molecule has 0 aliphatic carbocycles. The number of hydrogen-bond donors (Lipinski definition) is 0. The first-order valence-corrected chi connectivity index (χ1v) is 5.81. The Bertz CT molecular complexity index is 476. The van der Waals surface area contributed by atoms with Crippen LogP contribution in [0.25, 0.3) is 0 Å². The monoisotopic (exact) mass is 242 g/mol. The summed E-state index contributed by atoms with van der Waals surface area (Å²) >= 11 is 0. The molecule has 0 fully saturated rings. The van der Waals surface area contributed by atoms with Gasteiger partial charge in [-0.15, -0.1) is 5.73 Å². The van der Waals surface area contributed by atoms with Crippen molar-refractivity contribution in [3.8, 4) is 17.6 Å². The quantitative estimate of drug-likeness (QED) is 0.458. The molecule has 0 saturated heterocycles. The molecule has 0 aliphatic rings. The molecule has 0 amide bonds.